The molecule has 1 saturated heterocycles. The molecule has 7 nitrogen and oxygen atoms in total. The number of nitrogens with one attached hydrogen (secondary N) is 1. The molecule has 7 heteroatoms. The first-order chi connectivity index (χ1) is 12.9. The van der Waals surface area contributed by atoms with E-state index in [1.54, 1.807) is 37.3 Å². The topological polar surface area (TPSA) is 82.6 Å². The van der Waals surface area contributed by atoms with Crippen LogP contribution in [-0.2, 0) is 4.79 Å². The summed E-state index contributed by atoms with van der Waals surface area (Å²) in [4.78, 5) is 43.6. The number of carbonyl (C=O) groups excluding carboxylic acids is 3. The minimum Gasteiger partial charge on any atom is -0.353 e. The van der Waals surface area contributed by atoms with Crippen LogP contribution in [0.2, 0.25) is 0 Å². The Kier molecular flexibility index (Phi) is 5.49. The zero-order valence-corrected chi connectivity index (χ0v) is 15.4. The van der Waals surface area contributed by atoms with Gasteiger partial charge in [-0.2, -0.15) is 0 Å². The fourth-order valence-corrected chi connectivity index (χ4v) is 2.98. The number of rotatable bonds is 4. The van der Waals surface area contributed by atoms with Crippen LogP contribution >= 0.6 is 0 Å². The number of amides is 2. The average molecular weight is 366 g/mol. The number of nitrogens with zero attached hydrogens (tertiary/aromatic N) is 3. The second-order valence-electron chi connectivity index (χ2n) is 6.49. The molecule has 1 fully saturated rings. The first kappa shape index (κ1) is 18.6. The van der Waals surface area contributed by atoms with Gasteiger partial charge in [-0.05, 0) is 31.2 Å². The zero-order valence-electron chi connectivity index (χ0n) is 15.4. The molecule has 1 aliphatic rings. The number of ketones is 1. The smallest absolute Gasteiger partial charge is 0.257 e. The summed E-state index contributed by atoms with van der Waals surface area (Å²) in [5, 5.41) is 2.78. The lowest BCUT2D eigenvalue weighted by atomic mass is 10.1. The number of pyridine rings is 1. The maximum absolute atomic E-state index is 12.4. The van der Waals surface area contributed by atoms with Crippen molar-refractivity contribution < 1.29 is 14.4 Å². The van der Waals surface area contributed by atoms with E-state index in [1.165, 1.54) is 13.1 Å². The molecular formula is C20H22N4O3. The number of aromatic nitrogens is 1. The Morgan fingerprint density at radius 3 is 2.30 bits per heavy atom. The molecule has 0 spiro atoms. The molecule has 27 heavy (non-hydrogen) atoms. The second kappa shape index (κ2) is 7.99. The maximum atomic E-state index is 12.4. The first-order valence-electron chi connectivity index (χ1n) is 8.83. The van der Waals surface area contributed by atoms with Crippen molar-refractivity contribution in [3.63, 3.8) is 0 Å². The molecular weight excluding hydrogens is 344 g/mol. The third-order valence-corrected chi connectivity index (χ3v) is 4.59. The van der Waals surface area contributed by atoms with Crippen LogP contribution in [0.5, 0.6) is 0 Å². The van der Waals surface area contributed by atoms with Crippen LogP contribution in [0.25, 0.3) is 0 Å². The number of piperazine rings is 1. The van der Waals surface area contributed by atoms with Crippen LogP contribution in [0.1, 0.15) is 34.6 Å². The SMILES string of the molecule is CC(=O)c1cccc(NC(=O)c2ccc(N3CCN(C(C)=O)CC3)nc2)c1. The van der Waals surface area contributed by atoms with Crippen molar-refractivity contribution in [2.75, 3.05) is 36.4 Å². The summed E-state index contributed by atoms with van der Waals surface area (Å²) in [6, 6.07) is 10.4. The van der Waals surface area contributed by atoms with Gasteiger partial charge in [0.1, 0.15) is 5.82 Å². The van der Waals surface area contributed by atoms with Crippen LogP contribution in [0.4, 0.5) is 11.5 Å². The highest BCUT2D eigenvalue weighted by Gasteiger charge is 2.19. The van der Waals surface area contributed by atoms with E-state index in [4.69, 9.17) is 0 Å². The lowest BCUT2D eigenvalue weighted by Crippen LogP contribution is -2.48. The number of Topliss-reactive ketones (excluding diaryl/α,β-unsaturated/α-hetero) is 1. The summed E-state index contributed by atoms with van der Waals surface area (Å²) in [7, 11) is 0. The molecule has 0 bridgehead atoms. The summed E-state index contributed by atoms with van der Waals surface area (Å²) >= 11 is 0. The van der Waals surface area contributed by atoms with Gasteiger partial charge in [-0.3, -0.25) is 14.4 Å². The molecule has 1 aromatic carbocycles. The van der Waals surface area contributed by atoms with Gasteiger partial charge in [-0.1, -0.05) is 12.1 Å². The van der Waals surface area contributed by atoms with E-state index in [0.717, 1.165) is 18.9 Å². The van der Waals surface area contributed by atoms with Gasteiger partial charge in [0.15, 0.2) is 5.78 Å². The lowest BCUT2D eigenvalue weighted by Gasteiger charge is -2.34. The van der Waals surface area contributed by atoms with Gasteiger partial charge < -0.3 is 15.1 Å². The van der Waals surface area contributed by atoms with Gasteiger partial charge in [0.05, 0.1) is 5.56 Å². The highest BCUT2D eigenvalue weighted by molar-refractivity contribution is 6.05. The van der Waals surface area contributed by atoms with Gasteiger partial charge in [0, 0.05) is 50.6 Å². The van der Waals surface area contributed by atoms with Crippen LogP contribution in [0.3, 0.4) is 0 Å². The fourth-order valence-electron chi connectivity index (χ4n) is 2.98. The van der Waals surface area contributed by atoms with Crippen LogP contribution < -0.4 is 10.2 Å². The van der Waals surface area contributed by atoms with Crippen molar-refractivity contribution in [1.29, 1.82) is 0 Å². The van der Waals surface area contributed by atoms with Gasteiger partial charge in [0.25, 0.3) is 5.91 Å². The standard InChI is InChI=1S/C20H22N4O3/c1-14(25)16-4-3-5-18(12-16)22-20(27)17-6-7-19(21-13-17)24-10-8-23(9-11-24)15(2)26/h3-7,12-13H,8-11H2,1-2H3,(H,22,27). The molecule has 3 rings (SSSR count). The van der Waals surface area contributed by atoms with Crippen molar-refractivity contribution in [3.8, 4) is 0 Å². The van der Waals surface area contributed by atoms with Crippen LogP contribution in [0.15, 0.2) is 42.6 Å². The van der Waals surface area contributed by atoms with Crippen molar-refractivity contribution in [2.24, 2.45) is 0 Å². The van der Waals surface area contributed by atoms with E-state index in [9.17, 15) is 14.4 Å². The molecule has 2 aromatic rings. The summed E-state index contributed by atoms with van der Waals surface area (Å²) in [6.07, 6.45) is 1.54. The summed E-state index contributed by atoms with van der Waals surface area (Å²) < 4.78 is 0. The third-order valence-electron chi connectivity index (χ3n) is 4.59. The van der Waals surface area contributed by atoms with Gasteiger partial charge >= 0.3 is 0 Å². The maximum Gasteiger partial charge on any atom is 0.257 e. The predicted molar refractivity (Wildman–Crippen MR) is 103 cm³/mol. The number of hydrogen-bond donors (Lipinski definition) is 1. The molecule has 0 radical (unpaired) electrons. The van der Waals surface area contributed by atoms with Gasteiger partial charge in [0.2, 0.25) is 5.91 Å². The largest absolute Gasteiger partial charge is 0.353 e. The van der Waals surface area contributed by atoms with E-state index >= 15 is 0 Å². The van der Waals surface area contributed by atoms with E-state index in [-0.39, 0.29) is 17.6 Å². The van der Waals surface area contributed by atoms with E-state index < -0.39 is 0 Å². The third kappa shape index (κ3) is 4.49. The minimum atomic E-state index is -0.281. The Labute approximate surface area is 158 Å². The fraction of sp³-hybridized carbons (Fsp3) is 0.300. The Bertz CT molecular complexity index is 856. The molecule has 2 heterocycles. The molecule has 0 saturated carbocycles. The normalized spacial score (nSPS) is 14.0. The van der Waals surface area contributed by atoms with Crippen molar-refractivity contribution in [2.45, 2.75) is 13.8 Å². The van der Waals surface area contributed by atoms with Crippen molar-refractivity contribution in [1.82, 2.24) is 9.88 Å². The zero-order chi connectivity index (χ0) is 19.4. The van der Waals surface area contributed by atoms with Crippen molar-refractivity contribution >= 4 is 29.1 Å². The molecule has 1 aliphatic heterocycles. The Morgan fingerprint density at radius 2 is 1.70 bits per heavy atom. The van der Waals surface area contributed by atoms with E-state index in [0.29, 0.717) is 29.9 Å². The quantitative estimate of drug-likeness (QED) is 0.839. The predicted octanol–water partition coefficient (Wildman–Crippen LogP) is 2.21. The number of anilines is 2. The Morgan fingerprint density at radius 1 is 0.963 bits per heavy atom. The number of carbonyl (C=O) groups is 3. The van der Waals surface area contributed by atoms with E-state index in [1.807, 2.05) is 11.0 Å². The summed E-state index contributed by atoms with van der Waals surface area (Å²) in [5.74, 6) is 0.537. The Hall–Kier alpha value is -3.22. The molecule has 0 aliphatic carbocycles. The Balaban J connectivity index is 1.63. The molecule has 2 amide bonds. The summed E-state index contributed by atoms with van der Waals surface area (Å²) in [5.41, 5.74) is 1.55. The monoisotopic (exact) mass is 366 g/mol. The number of hydrogen-bond acceptors (Lipinski definition) is 5. The van der Waals surface area contributed by atoms with E-state index in [2.05, 4.69) is 15.2 Å². The minimum absolute atomic E-state index is 0.0537. The molecule has 1 N–H and O–H groups in total. The van der Waals surface area contributed by atoms with Crippen molar-refractivity contribution in [3.05, 3.63) is 53.7 Å². The number of benzene rings is 1. The van der Waals surface area contributed by atoms with Gasteiger partial charge in [-0.15, -0.1) is 0 Å². The van der Waals surface area contributed by atoms with Gasteiger partial charge in [-0.25, -0.2) is 4.98 Å². The highest BCUT2D eigenvalue weighted by atomic mass is 16.2. The molecule has 0 unspecified atom stereocenters. The highest BCUT2D eigenvalue weighted by Crippen LogP contribution is 2.16. The summed E-state index contributed by atoms with van der Waals surface area (Å²) in [6.45, 7) is 5.84. The second-order valence-corrected chi connectivity index (χ2v) is 6.49. The average Bonchev–Trinajstić information content (AvgIpc) is 2.68. The first-order valence-corrected chi connectivity index (χ1v) is 8.83. The van der Waals surface area contributed by atoms with Crippen LogP contribution in [-0.4, -0.2) is 53.7 Å². The lowest BCUT2D eigenvalue weighted by molar-refractivity contribution is -0.129. The molecule has 1 aromatic heterocycles. The molecule has 140 valence electrons. The molecule has 0 atom stereocenters. The van der Waals surface area contributed by atoms with Crippen LogP contribution in [0, 0.1) is 0 Å².